The molecule has 0 unspecified atom stereocenters. The number of ether oxygens (including phenoxy) is 1. The van der Waals surface area contributed by atoms with Crippen molar-refractivity contribution in [2.75, 3.05) is 11.9 Å². The molecule has 2 heteroatoms. The maximum Gasteiger partial charge on any atom is 0.119 e. The Bertz CT molecular complexity index is 338. The summed E-state index contributed by atoms with van der Waals surface area (Å²) in [7, 11) is 0. The maximum absolute atomic E-state index is 5.83. The van der Waals surface area contributed by atoms with Crippen molar-refractivity contribution in [1.82, 2.24) is 0 Å². The molecule has 0 bridgehead atoms. The van der Waals surface area contributed by atoms with Crippen LogP contribution in [0.15, 0.2) is 24.3 Å². The van der Waals surface area contributed by atoms with Crippen LogP contribution in [-0.2, 0) is 0 Å². The second kappa shape index (κ2) is 4.79. The normalized spacial score (nSPS) is 17.5. The highest BCUT2D eigenvalue weighted by molar-refractivity contribution is 9.09. The lowest BCUT2D eigenvalue weighted by Gasteiger charge is -2.14. The molecule has 1 nitrogen and oxygen atoms in total. The number of hydrogen-bond donors (Lipinski definition) is 0. The average molecular weight is 283 g/mol. The van der Waals surface area contributed by atoms with E-state index in [-0.39, 0.29) is 0 Å². The quantitative estimate of drug-likeness (QED) is 0.729. The van der Waals surface area contributed by atoms with E-state index in [2.05, 4.69) is 54.0 Å². The predicted molar refractivity (Wildman–Crippen MR) is 71.5 cm³/mol. The summed E-state index contributed by atoms with van der Waals surface area (Å²) in [4.78, 5) is 0. The van der Waals surface area contributed by atoms with Gasteiger partial charge in [-0.3, -0.25) is 0 Å². The third-order valence-electron chi connectivity index (χ3n) is 3.33. The number of halogens is 1. The maximum atomic E-state index is 5.83. The first-order valence-corrected chi connectivity index (χ1v) is 7.06. The zero-order valence-corrected chi connectivity index (χ0v) is 11.6. The van der Waals surface area contributed by atoms with Crippen molar-refractivity contribution in [3.8, 4) is 5.75 Å². The Hall–Kier alpha value is -0.500. The number of rotatable bonds is 5. The Morgan fingerprint density at radius 3 is 2.31 bits per heavy atom. The van der Waals surface area contributed by atoms with Crippen LogP contribution in [0.4, 0.5) is 0 Å². The fraction of sp³-hybridized carbons (Fsp3) is 0.571. The molecule has 1 aliphatic rings. The van der Waals surface area contributed by atoms with Crippen molar-refractivity contribution in [2.45, 2.75) is 32.6 Å². The monoisotopic (exact) mass is 282 g/mol. The van der Waals surface area contributed by atoms with Crippen molar-refractivity contribution in [3.63, 3.8) is 0 Å². The molecular weight excluding hydrogens is 264 g/mol. The van der Waals surface area contributed by atoms with Gasteiger partial charge < -0.3 is 4.74 Å². The molecule has 0 N–H and O–H groups in total. The Kier molecular flexibility index (Phi) is 3.58. The highest BCUT2D eigenvalue weighted by Gasteiger charge is 2.42. The minimum absolute atomic E-state index is 0.427. The standard InChI is InChI=1S/C14H19BrO/c1-11(2)12-3-5-13(6-4-12)16-10-14(9-15)7-8-14/h3-6,11H,7-10H2,1-2H3. The number of benzene rings is 1. The second-order valence-corrected chi connectivity index (χ2v) is 5.71. The summed E-state index contributed by atoms with van der Waals surface area (Å²) in [5.41, 5.74) is 1.80. The zero-order chi connectivity index (χ0) is 11.6. The van der Waals surface area contributed by atoms with E-state index in [1.807, 2.05) is 0 Å². The van der Waals surface area contributed by atoms with Crippen LogP contribution in [0.25, 0.3) is 0 Å². The van der Waals surface area contributed by atoms with Crippen LogP contribution in [0.3, 0.4) is 0 Å². The van der Waals surface area contributed by atoms with E-state index in [0.717, 1.165) is 17.7 Å². The van der Waals surface area contributed by atoms with Gasteiger partial charge >= 0.3 is 0 Å². The molecule has 16 heavy (non-hydrogen) atoms. The Balaban J connectivity index is 1.90. The molecule has 0 saturated heterocycles. The van der Waals surface area contributed by atoms with Gasteiger partial charge in [0.1, 0.15) is 5.75 Å². The summed E-state index contributed by atoms with van der Waals surface area (Å²) in [6, 6.07) is 8.49. The summed E-state index contributed by atoms with van der Waals surface area (Å²) < 4.78 is 5.83. The molecule has 1 aliphatic carbocycles. The van der Waals surface area contributed by atoms with E-state index >= 15 is 0 Å². The fourth-order valence-electron chi connectivity index (χ4n) is 1.68. The van der Waals surface area contributed by atoms with Gasteiger partial charge in [0.05, 0.1) is 6.61 Å². The van der Waals surface area contributed by atoms with Gasteiger partial charge in [-0.05, 0) is 36.5 Å². The first-order chi connectivity index (χ1) is 7.65. The smallest absolute Gasteiger partial charge is 0.119 e. The van der Waals surface area contributed by atoms with Gasteiger partial charge in [-0.15, -0.1) is 0 Å². The van der Waals surface area contributed by atoms with E-state index in [9.17, 15) is 0 Å². The van der Waals surface area contributed by atoms with Crippen molar-refractivity contribution in [2.24, 2.45) is 5.41 Å². The number of alkyl halides is 1. The average Bonchev–Trinajstić information content (AvgIpc) is 3.08. The van der Waals surface area contributed by atoms with Crippen LogP contribution in [0.2, 0.25) is 0 Å². The first kappa shape index (κ1) is 12.0. The molecule has 0 aliphatic heterocycles. The van der Waals surface area contributed by atoms with Crippen molar-refractivity contribution in [3.05, 3.63) is 29.8 Å². The first-order valence-electron chi connectivity index (χ1n) is 5.94. The highest BCUT2D eigenvalue weighted by atomic mass is 79.9. The molecule has 0 radical (unpaired) electrons. The van der Waals surface area contributed by atoms with Gasteiger partial charge in [0, 0.05) is 10.7 Å². The van der Waals surface area contributed by atoms with Gasteiger partial charge in [0.25, 0.3) is 0 Å². The molecule has 0 aromatic heterocycles. The van der Waals surface area contributed by atoms with Gasteiger partial charge in [-0.25, -0.2) is 0 Å². The Labute approximate surface area is 106 Å². The van der Waals surface area contributed by atoms with E-state index in [1.54, 1.807) is 0 Å². The van der Waals surface area contributed by atoms with Crippen molar-refractivity contribution < 1.29 is 4.74 Å². The van der Waals surface area contributed by atoms with Crippen LogP contribution in [-0.4, -0.2) is 11.9 Å². The molecule has 1 fully saturated rings. The largest absolute Gasteiger partial charge is 0.493 e. The third kappa shape index (κ3) is 2.79. The minimum Gasteiger partial charge on any atom is -0.493 e. The highest BCUT2D eigenvalue weighted by Crippen LogP contribution is 2.47. The molecular formula is C14H19BrO. The minimum atomic E-state index is 0.427. The molecule has 88 valence electrons. The van der Waals surface area contributed by atoms with Crippen molar-refractivity contribution in [1.29, 1.82) is 0 Å². The SMILES string of the molecule is CC(C)c1ccc(OCC2(CBr)CC2)cc1. The van der Waals surface area contributed by atoms with Crippen LogP contribution in [0, 0.1) is 5.41 Å². The molecule has 0 atom stereocenters. The third-order valence-corrected chi connectivity index (χ3v) is 4.52. The predicted octanol–water partition coefficient (Wildman–Crippen LogP) is 4.36. The van der Waals surface area contributed by atoms with Gasteiger partial charge in [-0.2, -0.15) is 0 Å². The van der Waals surface area contributed by atoms with Gasteiger partial charge in [0.15, 0.2) is 0 Å². The summed E-state index contributed by atoms with van der Waals surface area (Å²) in [6.45, 7) is 5.26. The molecule has 1 aromatic carbocycles. The van der Waals surface area contributed by atoms with Gasteiger partial charge in [0.2, 0.25) is 0 Å². The van der Waals surface area contributed by atoms with E-state index in [1.165, 1.54) is 18.4 Å². The topological polar surface area (TPSA) is 9.23 Å². The van der Waals surface area contributed by atoms with Crippen LogP contribution in [0.1, 0.15) is 38.2 Å². The fourth-order valence-corrected chi connectivity index (χ4v) is 2.40. The van der Waals surface area contributed by atoms with Crippen LogP contribution >= 0.6 is 15.9 Å². The second-order valence-electron chi connectivity index (χ2n) is 5.15. The lowest BCUT2D eigenvalue weighted by atomic mass is 10.0. The van der Waals surface area contributed by atoms with Gasteiger partial charge in [-0.1, -0.05) is 41.9 Å². The number of hydrogen-bond acceptors (Lipinski definition) is 1. The molecule has 0 spiro atoms. The van der Waals surface area contributed by atoms with Crippen LogP contribution < -0.4 is 4.74 Å². The summed E-state index contributed by atoms with van der Waals surface area (Å²) >= 11 is 3.56. The Morgan fingerprint density at radius 2 is 1.88 bits per heavy atom. The summed E-state index contributed by atoms with van der Waals surface area (Å²) in [5, 5.41) is 1.06. The van der Waals surface area contributed by atoms with Crippen molar-refractivity contribution >= 4 is 15.9 Å². The van der Waals surface area contributed by atoms with E-state index < -0.39 is 0 Å². The molecule has 1 saturated carbocycles. The molecule has 0 amide bonds. The molecule has 1 aromatic rings. The lowest BCUT2D eigenvalue weighted by Crippen LogP contribution is -2.14. The van der Waals surface area contributed by atoms with E-state index in [4.69, 9.17) is 4.74 Å². The Morgan fingerprint density at radius 1 is 1.25 bits per heavy atom. The summed E-state index contributed by atoms with van der Waals surface area (Å²) in [5.74, 6) is 1.59. The lowest BCUT2D eigenvalue weighted by molar-refractivity contribution is 0.251. The zero-order valence-electron chi connectivity index (χ0n) is 10.0. The summed E-state index contributed by atoms with van der Waals surface area (Å²) in [6.07, 6.45) is 2.59. The van der Waals surface area contributed by atoms with E-state index in [0.29, 0.717) is 11.3 Å². The van der Waals surface area contributed by atoms with Crippen LogP contribution in [0.5, 0.6) is 5.75 Å². The molecule has 2 rings (SSSR count). The molecule has 0 heterocycles.